The second kappa shape index (κ2) is 6.95. The SMILES string of the molecule is O=C(Cc1cccc(O)c1)NCCC1=CCNCC1. The molecular weight excluding hydrogens is 240 g/mol. The standard InChI is InChI=1S/C15H20N2O2/c18-14-3-1-2-13(10-14)11-15(19)17-9-6-12-4-7-16-8-5-12/h1-4,10,16,18H,5-9,11H2,(H,17,19). The molecule has 0 radical (unpaired) electrons. The summed E-state index contributed by atoms with van der Waals surface area (Å²) in [4.78, 5) is 11.7. The van der Waals surface area contributed by atoms with Crippen LogP contribution in [0.5, 0.6) is 5.75 Å². The van der Waals surface area contributed by atoms with Crippen molar-refractivity contribution >= 4 is 5.91 Å². The summed E-state index contributed by atoms with van der Waals surface area (Å²) in [6, 6.07) is 6.81. The summed E-state index contributed by atoms with van der Waals surface area (Å²) in [6.45, 7) is 2.65. The summed E-state index contributed by atoms with van der Waals surface area (Å²) in [5.74, 6) is 0.199. The van der Waals surface area contributed by atoms with Gasteiger partial charge in [-0.2, -0.15) is 0 Å². The van der Waals surface area contributed by atoms with Crippen molar-refractivity contribution in [1.82, 2.24) is 10.6 Å². The van der Waals surface area contributed by atoms with Gasteiger partial charge >= 0.3 is 0 Å². The molecule has 0 unspecified atom stereocenters. The third-order valence-electron chi connectivity index (χ3n) is 3.20. The molecule has 1 aliphatic heterocycles. The second-order valence-electron chi connectivity index (χ2n) is 4.76. The highest BCUT2D eigenvalue weighted by molar-refractivity contribution is 5.78. The third-order valence-corrected chi connectivity index (χ3v) is 3.20. The monoisotopic (exact) mass is 260 g/mol. The van der Waals surface area contributed by atoms with E-state index >= 15 is 0 Å². The van der Waals surface area contributed by atoms with Crippen molar-refractivity contribution in [1.29, 1.82) is 0 Å². The Bertz CT molecular complexity index is 469. The number of benzene rings is 1. The van der Waals surface area contributed by atoms with E-state index in [1.165, 1.54) is 5.57 Å². The smallest absolute Gasteiger partial charge is 0.224 e. The fourth-order valence-corrected chi connectivity index (χ4v) is 2.17. The first-order chi connectivity index (χ1) is 9.24. The van der Waals surface area contributed by atoms with Crippen LogP contribution in [0.2, 0.25) is 0 Å². The number of phenols is 1. The summed E-state index contributed by atoms with van der Waals surface area (Å²) in [5, 5.41) is 15.5. The molecule has 102 valence electrons. The minimum absolute atomic E-state index is 0.000124. The van der Waals surface area contributed by atoms with Gasteiger partial charge in [0.15, 0.2) is 0 Å². The average Bonchev–Trinajstić information content (AvgIpc) is 2.40. The van der Waals surface area contributed by atoms with Crippen LogP contribution in [-0.4, -0.2) is 30.6 Å². The van der Waals surface area contributed by atoms with Crippen molar-refractivity contribution in [2.45, 2.75) is 19.3 Å². The van der Waals surface area contributed by atoms with Crippen molar-refractivity contribution < 1.29 is 9.90 Å². The predicted octanol–water partition coefficient (Wildman–Crippen LogP) is 1.36. The number of phenolic OH excluding ortho intramolecular Hbond substituents is 1. The van der Waals surface area contributed by atoms with Crippen LogP contribution in [0.15, 0.2) is 35.9 Å². The van der Waals surface area contributed by atoms with Gasteiger partial charge in [0, 0.05) is 13.1 Å². The fourth-order valence-electron chi connectivity index (χ4n) is 2.17. The maximum atomic E-state index is 11.7. The van der Waals surface area contributed by atoms with Gasteiger partial charge in [0.1, 0.15) is 5.75 Å². The quantitative estimate of drug-likeness (QED) is 0.701. The Hall–Kier alpha value is -1.81. The molecular formula is C15H20N2O2. The first-order valence-corrected chi connectivity index (χ1v) is 6.67. The van der Waals surface area contributed by atoms with E-state index in [2.05, 4.69) is 16.7 Å². The number of hydrogen-bond donors (Lipinski definition) is 3. The molecule has 1 heterocycles. The highest BCUT2D eigenvalue weighted by Gasteiger charge is 2.06. The molecule has 0 bridgehead atoms. The molecule has 1 aliphatic rings. The van der Waals surface area contributed by atoms with E-state index < -0.39 is 0 Å². The Balaban J connectivity index is 1.71. The molecule has 4 heteroatoms. The summed E-state index contributed by atoms with van der Waals surface area (Å²) < 4.78 is 0. The van der Waals surface area contributed by atoms with Crippen LogP contribution in [0, 0.1) is 0 Å². The van der Waals surface area contributed by atoms with E-state index in [0.29, 0.717) is 13.0 Å². The Morgan fingerprint density at radius 1 is 1.42 bits per heavy atom. The van der Waals surface area contributed by atoms with Gasteiger partial charge < -0.3 is 15.7 Å². The van der Waals surface area contributed by atoms with E-state index in [1.807, 2.05) is 6.07 Å². The minimum Gasteiger partial charge on any atom is -0.508 e. The molecule has 1 aromatic carbocycles. The Labute approximate surface area is 113 Å². The molecule has 0 saturated heterocycles. The average molecular weight is 260 g/mol. The predicted molar refractivity (Wildman–Crippen MR) is 75.0 cm³/mol. The van der Waals surface area contributed by atoms with E-state index in [1.54, 1.807) is 18.2 Å². The molecule has 0 saturated carbocycles. The number of nitrogens with one attached hydrogen (secondary N) is 2. The summed E-state index contributed by atoms with van der Waals surface area (Å²) >= 11 is 0. The van der Waals surface area contributed by atoms with Crippen LogP contribution in [0.4, 0.5) is 0 Å². The molecule has 0 aromatic heterocycles. The molecule has 4 nitrogen and oxygen atoms in total. The van der Waals surface area contributed by atoms with Gasteiger partial charge in [0.2, 0.25) is 5.91 Å². The highest BCUT2D eigenvalue weighted by Crippen LogP contribution is 2.11. The normalized spacial score (nSPS) is 14.8. The molecule has 3 N–H and O–H groups in total. The number of carbonyl (C=O) groups is 1. The van der Waals surface area contributed by atoms with Gasteiger partial charge in [0.05, 0.1) is 6.42 Å². The van der Waals surface area contributed by atoms with Crippen molar-refractivity contribution in [2.75, 3.05) is 19.6 Å². The summed E-state index contributed by atoms with van der Waals surface area (Å²) in [6.07, 6.45) is 4.51. The first kappa shape index (κ1) is 13.6. The fraction of sp³-hybridized carbons (Fsp3) is 0.400. The maximum absolute atomic E-state index is 11.7. The minimum atomic E-state index is 0.000124. The molecule has 19 heavy (non-hydrogen) atoms. The van der Waals surface area contributed by atoms with Crippen LogP contribution >= 0.6 is 0 Å². The van der Waals surface area contributed by atoms with Crippen LogP contribution in [0.3, 0.4) is 0 Å². The van der Waals surface area contributed by atoms with Crippen molar-refractivity contribution in [2.24, 2.45) is 0 Å². The number of amides is 1. The summed E-state index contributed by atoms with van der Waals surface area (Å²) in [5.41, 5.74) is 2.25. The second-order valence-corrected chi connectivity index (χ2v) is 4.76. The van der Waals surface area contributed by atoms with Gasteiger partial charge in [-0.3, -0.25) is 4.79 Å². The van der Waals surface area contributed by atoms with E-state index in [4.69, 9.17) is 0 Å². The lowest BCUT2D eigenvalue weighted by Crippen LogP contribution is -2.27. The van der Waals surface area contributed by atoms with Gasteiger partial charge in [-0.25, -0.2) is 0 Å². The lowest BCUT2D eigenvalue weighted by molar-refractivity contribution is -0.120. The zero-order chi connectivity index (χ0) is 13.5. The van der Waals surface area contributed by atoms with Gasteiger partial charge in [0.25, 0.3) is 0 Å². The van der Waals surface area contributed by atoms with E-state index in [-0.39, 0.29) is 11.7 Å². The summed E-state index contributed by atoms with van der Waals surface area (Å²) in [7, 11) is 0. The van der Waals surface area contributed by atoms with Gasteiger partial charge in [-0.1, -0.05) is 23.8 Å². The number of carbonyl (C=O) groups excluding carboxylic acids is 1. The van der Waals surface area contributed by atoms with Crippen LogP contribution in [0.1, 0.15) is 18.4 Å². The van der Waals surface area contributed by atoms with Crippen molar-refractivity contribution in [3.63, 3.8) is 0 Å². The Morgan fingerprint density at radius 2 is 2.32 bits per heavy atom. The molecule has 0 aliphatic carbocycles. The number of hydrogen-bond acceptors (Lipinski definition) is 3. The zero-order valence-electron chi connectivity index (χ0n) is 11.0. The van der Waals surface area contributed by atoms with Crippen LogP contribution in [0.25, 0.3) is 0 Å². The van der Waals surface area contributed by atoms with Gasteiger partial charge in [-0.15, -0.1) is 0 Å². The van der Waals surface area contributed by atoms with Crippen LogP contribution in [-0.2, 0) is 11.2 Å². The zero-order valence-corrected chi connectivity index (χ0v) is 11.0. The maximum Gasteiger partial charge on any atom is 0.224 e. The largest absolute Gasteiger partial charge is 0.508 e. The number of aromatic hydroxyl groups is 1. The molecule has 1 aromatic rings. The highest BCUT2D eigenvalue weighted by atomic mass is 16.3. The topological polar surface area (TPSA) is 61.4 Å². The first-order valence-electron chi connectivity index (χ1n) is 6.67. The van der Waals surface area contributed by atoms with Crippen molar-refractivity contribution in [3.8, 4) is 5.75 Å². The van der Waals surface area contributed by atoms with E-state index in [0.717, 1.165) is 31.5 Å². The Kier molecular flexibility index (Phi) is 4.98. The lowest BCUT2D eigenvalue weighted by atomic mass is 10.1. The van der Waals surface area contributed by atoms with E-state index in [9.17, 15) is 9.90 Å². The molecule has 0 spiro atoms. The Morgan fingerprint density at radius 3 is 3.05 bits per heavy atom. The molecule has 0 fully saturated rings. The third kappa shape index (κ3) is 4.75. The van der Waals surface area contributed by atoms with Gasteiger partial charge in [-0.05, 0) is 37.1 Å². The molecule has 0 atom stereocenters. The molecule has 2 rings (SSSR count). The number of rotatable bonds is 5. The van der Waals surface area contributed by atoms with Crippen LogP contribution < -0.4 is 10.6 Å². The van der Waals surface area contributed by atoms with Crippen molar-refractivity contribution in [3.05, 3.63) is 41.5 Å². The lowest BCUT2D eigenvalue weighted by Gasteiger charge is -2.14. The molecule has 1 amide bonds.